The molecule has 4 N–H and O–H groups in total. The van der Waals surface area contributed by atoms with Crippen LogP contribution in [0.2, 0.25) is 0 Å². The summed E-state index contributed by atoms with van der Waals surface area (Å²) in [6, 6.07) is 5.90. The van der Waals surface area contributed by atoms with E-state index in [-0.39, 0.29) is 12.1 Å². The van der Waals surface area contributed by atoms with Crippen LogP contribution in [0.25, 0.3) is 0 Å². The van der Waals surface area contributed by atoms with Crippen molar-refractivity contribution in [2.24, 2.45) is 0 Å². The van der Waals surface area contributed by atoms with Crippen LogP contribution < -0.4 is 11.1 Å². The SMILES string of the molecule is Nc1cc(I)ccc1NC1(CO)CC1. The standard InChI is InChI=1S/C10H13IN2O/c11-7-1-2-9(8(12)5-7)13-10(6-14)3-4-10/h1-2,5,13-14H,3-4,6,12H2. The number of rotatable bonds is 3. The summed E-state index contributed by atoms with van der Waals surface area (Å²) in [5, 5.41) is 12.5. The molecular weight excluding hydrogens is 291 g/mol. The number of nitrogens with one attached hydrogen (secondary N) is 1. The van der Waals surface area contributed by atoms with Crippen LogP contribution in [0.1, 0.15) is 12.8 Å². The molecule has 1 aliphatic rings. The number of hydrogen-bond donors (Lipinski definition) is 3. The number of nitrogen functional groups attached to an aromatic ring is 1. The summed E-state index contributed by atoms with van der Waals surface area (Å²) < 4.78 is 1.12. The number of aliphatic hydroxyl groups is 1. The van der Waals surface area contributed by atoms with Gasteiger partial charge in [0.25, 0.3) is 0 Å². The highest BCUT2D eigenvalue weighted by atomic mass is 127. The van der Waals surface area contributed by atoms with Crippen molar-refractivity contribution in [2.45, 2.75) is 18.4 Å². The zero-order valence-corrected chi connectivity index (χ0v) is 9.91. The van der Waals surface area contributed by atoms with Gasteiger partial charge in [-0.2, -0.15) is 0 Å². The second kappa shape index (κ2) is 3.58. The molecule has 0 amide bonds. The maximum atomic E-state index is 9.16. The molecule has 1 saturated carbocycles. The van der Waals surface area contributed by atoms with Gasteiger partial charge in [-0.15, -0.1) is 0 Å². The lowest BCUT2D eigenvalue weighted by molar-refractivity contribution is 0.266. The number of aliphatic hydroxyl groups excluding tert-OH is 1. The maximum absolute atomic E-state index is 9.16. The minimum Gasteiger partial charge on any atom is -0.397 e. The van der Waals surface area contributed by atoms with Crippen molar-refractivity contribution in [3.63, 3.8) is 0 Å². The molecule has 0 aliphatic heterocycles. The lowest BCUT2D eigenvalue weighted by atomic mass is 10.2. The fraction of sp³-hybridized carbons (Fsp3) is 0.400. The van der Waals surface area contributed by atoms with Crippen molar-refractivity contribution in [1.29, 1.82) is 0 Å². The average molecular weight is 304 g/mol. The molecule has 3 nitrogen and oxygen atoms in total. The Hall–Kier alpha value is -0.490. The molecular formula is C10H13IN2O. The Kier molecular flexibility index (Phi) is 2.57. The van der Waals surface area contributed by atoms with Crippen LogP contribution in [0.5, 0.6) is 0 Å². The predicted molar refractivity (Wildman–Crippen MR) is 66.2 cm³/mol. The van der Waals surface area contributed by atoms with Gasteiger partial charge >= 0.3 is 0 Å². The summed E-state index contributed by atoms with van der Waals surface area (Å²) in [5.41, 5.74) is 7.44. The smallest absolute Gasteiger partial charge is 0.0661 e. The maximum Gasteiger partial charge on any atom is 0.0661 e. The van der Waals surface area contributed by atoms with Crippen molar-refractivity contribution < 1.29 is 5.11 Å². The zero-order chi connectivity index (χ0) is 10.2. The summed E-state index contributed by atoms with van der Waals surface area (Å²) in [7, 11) is 0. The van der Waals surface area contributed by atoms with E-state index < -0.39 is 0 Å². The third-order valence-electron chi connectivity index (χ3n) is 2.57. The Labute approximate surface area is 96.8 Å². The van der Waals surface area contributed by atoms with Crippen LogP contribution in [-0.4, -0.2) is 17.3 Å². The Bertz CT molecular complexity index is 350. The largest absolute Gasteiger partial charge is 0.397 e. The molecule has 0 saturated heterocycles. The van der Waals surface area contributed by atoms with Crippen LogP contribution in [0.15, 0.2) is 18.2 Å². The Morgan fingerprint density at radius 1 is 1.50 bits per heavy atom. The third kappa shape index (κ3) is 1.95. The zero-order valence-electron chi connectivity index (χ0n) is 7.76. The summed E-state index contributed by atoms with van der Waals surface area (Å²) in [6.45, 7) is 0.179. The van der Waals surface area contributed by atoms with E-state index in [1.165, 1.54) is 0 Å². The van der Waals surface area contributed by atoms with Gasteiger partial charge in [0.2, 0.25) is 0 Å². The van der Waals surface area contributed by atoms with E-state index in [1.807, 2.05) is 18.2 Å². The lowest BCUT2D eigenvalue weighted by Gasteiger charge is -2.17. The van der Waals surface area contributed by atoms with Gasteiger partial charge in [0, 0.05) is 3.57 Å². The van der Waals surface area contributed by atoms with Crippen molar-refractivity contribution in [2.75, 3.05) is 17.7 Å². The number of nitrogens with two attached hydrogens (primary N) is 1. The van der Waals surface area contributed by atoms with Crippen LogP contribution >= 0.6 is 22.6 Å². The molecule has 1 aromatic carbocycles. The molecule has 2 rings (SSSR count). The van der Waals surface area contributed by atoms with Crippen molar-refractivity contribution in [3.8, 4) is 0 Å². The first-order valence-corrected chi connectivity index (χ1v) is 5.67. The fourth-order valence-corrected chi connectivity index (χ4v) is 1.92. The number of benzene rings is 1. The fourth-order valence-electron chi connectivity index (χ4n) is 1.41. The number of halogens is 1. The average Bonchev–Trinajstić information content (AvgIpc) is 2.91. The summed E-state index contributed by atoms with van der Waals surface area (Å²) >= 11 is 2.23. The van der Waals surface area contributed by atoms with E-state index in [0.717, 1.165) is 27.8 Å². The highest BCUT2D eigenvalue weighted by Crippen LogP contribution is 2.39. The third-order valence-corrected chi connectivity index (χ3v) is 3.24. The summed E-state index contributed by atoms with van der Waals surface area (Å²) in [6.07, 6.45) is 2.05. The van der Waals surface area contributed by atoms with Gasteiger partial charge in [-0.25, -0.2) is 0 Å². The van der Waals surface area contributed by atoms with Gasteiger partial charge in [-0.1, -0.05) is 0 Å². The van der Waals surface area contributed by atoms with Crippen LogP contribution in [0.3, 0.4) is 0 Å². The minimum absolute atomic E-state index is 0.0963. The molecule has 0 unspecified atom stereocenters. The van der Waals surface area contributed by atoms with Crippen LogP contribution in [0, 0.1) is 3.57 Å². The molecule has 0 heterocycles. The number of anilines is 2. The van der Waals surface area contributed by atoms with E-state index >= 15 is 0 Å². The quantitative estimate of drug-likeness (QED) is 0.590. The second-order valence-corrected chi connectivity index (χ2v) is 5.04. The van der Waals surface area contributed by atoms with Gasteiger partial charge in [0.15, 0.2) is 0 Å². The Balaban J connectivity index is 2.17. The molecule has 1 fully saturated rings. The van der Waals surface area contributed by atoms with Crippen molar-refractivity contribution in [1.82, 2.24) is 0 Å². The first-order chi connectivity index (χ1) is 6.65. The molecule has 14 heavy (non-hydrogen) atoms. The monoisotopic (exact) mass is 304 g/mol. The molecule has 1 aromatic rings. The molecule has 0 atom stereocenters. The van der Waals surface area contributed by atoms with E-state index in [1.54, 1.807) is 0 Å². The van der Waals surface area contributed by atoms with Crippen molar-refractivity contribution in [3.05, 3.63) is 21.8 Å². The Morgan fingerprint density at radius 3 is 2.71 bits per heavy atom. The molecule has 0 radical (unpaired) electrons. The van der Waals surface area contributed by atoms with Gasteiger partial charge < -0.3 is 16.2 Å². The molecule has 0 bridgehead atoms. The molecule has 0 spiro atoms. The first-order valence-electron chi connectivity index (χ1n) is 4.59. The van der Waals surface area contributed by atoms with E-state index in [9.17, 15) is 0 Å². The molecule has 76 valence electrons. The topological polar surface area (TPSA) is 58.3 Å². The van der Waals surface area contributed by atoms with Crippen LogP contribution in [0.4, 0.5) is 11.4 Å². The van der Waals surface area contributed by atoms with Gasteiger partial charge in [0.05, 0.1) is 23.5 Å². The molecule has 1 aliphatic carbocycles. The highest BCUT2D eigenvalue weighted by molar-refractivity contribution is 14.1. The normalized spacial score (nSPS) is 17.9. The second-order valence-electron chi connectivity index (χ2n) is 3.80. The van der Waals surface area contributed by atoms with E-state index in [2.05, 4.69) is 27.9 Å². The highest BCUT2D eigenvalue weighted by Gasteiger charge is 2.42. The summed E-state index contributed by atoms with van der Waals surface area (Å²) in [4.78, 5) is 0. The summed E-state index contributed by atoms with van der Waals surface area (Å²) in [5.74, 6) is 0. The van der Waals surface area contributed by atoms with E-state index in [4.69, 9.17) is 10.8 Å². The van der Waals surface area contributed by atoms with E-state index in [0.29, 0.717) is 0 Å². The molecule has 0 aromatic heterocycles. The van der Waals surface area contributed by atoms with Crippen LogP contribution in [-0.2, 0) is 0 Å². The van der Waals surface area contributed by atoms with Gasteiger partial charge in [-0.3, -0.25) is 0 Å². The van der Waals surface area contributed by atoms with Gasteiger partial charge in [-0.05, 0) is 53.6 Å². The van der Waals surface area contributed by atoms with Gasteiger partial charge in [0.1, 0.15) is 0 Å². The first kappa shape index (κ1) is 10.0. The van der Waals surface area contributed by atoms with Crippen molar-refractivity contribution >= 4 is 34.0 Å². The molecule has 4 heteroatoms. The minimum atomic E-state index is -0.0963. The number of hydrogen-bond acceptors (Lipinski definition) is 3. The lowest BCUT2D eigenvalue weighted by Crippen LogP contribution is -2.26. The predicted octanol–water partition coefficient (Wildman–Crippen LogP) is 1.81. The Morgan fingerprint density at radius 2 is 2.21 bits per heavy atom.